The number of hydrogen-bond acceptors (Lipinski definition) is 8. The van der Waals surface area contributed by atoms with Gasteiger partial charge in [0.1, 0.15) is 35.7 Å². The van der Waals surface area contributed by atoms with Gasteiger partial charge in [0, 0.05) is 5.69 Å². The van der Waals surface area contributed by atoms with Crippen molar-refractivity contribution in [1.29, 1.82) is 0 Å². The highest BCUT2D eigenvalue weighted by molar-refractivity contribution is 7.92. The Kier molecular flexibility index (Phi) is 8.30. The molecule has 4 rings (SSSR count). The van der Waals surface area contributed by atoms with Crippen molar-refractivity contribution in [2.45, 2.75) is 55.2 Å². The Balaban J connectivity index is 1.69. The largest absolute Gasteiger partial charge is 0.484 e. The molecule has 2 atom stereocenters. The standard InChI is InChI=1S/C27H28F2N2O8S2/c1-17-25(16-37-41(35,36)22-12-7-19(29)8-13-22)38-24-14-9-20(30-26(32)39-27(2,3)4)15-23(24)31(17)40(33,34)21-10-5-18(28)6-11-21/h5-15,17,25H,16H2,1-4H3,(H,30,32)/t17-,25+/m1/s1. The molecule has 1 aliphatic rings. The lowest BCUT2D eigenvalue weighted by molar-refractivity contribution is 0.0636. The smallest absolute Gasteiger partial charge is 0.412 e. The van der Waals surface area contributed by atoms with Crippen LogP contribution in [-0.4, -0.2) is 47.3 Å². The minimum atomic E-state index is -4.36. The van der Waals surface area contributed by atoms with Crippen LogP contribution in [0.25, 0.3) is 0 Å². The number of hydrogen-bond donors (Lipinski definition) is 1. The molecule has 1 aliphatic heterocycles. The predicted molar refractivity (Wildman–Crippen MR) is 146 cm³/mol. The Morgan fingerprint density at radius 1 is 0.927 bits per heavy atom. The first-order valence-electron chi connectivity index (χ1n) is 12.3. The van der Waals surface area contributed by atoms with E-state index in [0.717, 1.165) is 52.8 Å². The number of sulfonamides is 1. The van der Waals surface area contributed by atoms with Crippen molar-refractivity contribution in [1.82, 2.24) is 0 Å². The maximum Gasteiger partial charge on any atom is 0.412 e. The third kappa shape index (κ3) is 6.94. The number of ether oxygens (including phenoxy) is 2. The van der Waals surface area contributed by atoms with Gasteiger partial charge in [-0.15, -0.1) is 0 Å². The number of fused-ring (bicyclic) bond motifs is 1. The molecule has 1 heterocycles. The Morgan fingerprint density at radius 3 is 2.05 bits per heavy atom. The van der Waals surface area contributed by atoms with Gasteiger partial charge < -0.3 is 9.47 Å². The summed E-state index contributed by atoms with van der Waals surface area (Å²) >= 11 is 0. The monoisotopic (exact) mass is 610 g/mol. The highest BCUT2D eigenvalue weighted by Gasteiger charge is 2.41. The Hall–Kier alpha value is -3.75. The number of carbonyl (C=O) groups excluding carboxylic acids is 1. The van der Waals surface area contributed by atoms with E-state index in [2.05, 4.69) is 5.32 Å². The van der Waals surface area contributed by atoms with Gasteiger partial charge in [-0.2, -0.15) is 8.42 Å². The summed E-state index contributed by atoms with van der Waals surface area (Å²) in [6, 6.07) is 11.4. The van der Waals surface area contributed by atoms with E-state index in [-0.39, 0.29) is 26.9 Å². The lowest BCUT2D eigenvalue weighted by atomic mass is 10.1. The number of rotatable bonds is 7. The Labute approximate surface area is 237 Å². The summed E-state index contributed by atoms with van der Waals surface area (Å²) in [5.74, 6) is -1.22. The van der Waals surface area contributed by atoms with Crippen molar-refractivity contribution < 1.29 is 44.1 Å². The Morgan fingerprint density at radius 2 is 1.49 bits per heavy atom. The number of amides is 1. The summed E-state index contributed by atoms with van der Waals surface area (Å²) in [6.45, 7) is 5.95. The van der Waals surface area contributed by atoms with Crippen LogP contribution < -0.4 is 14.4 Å². The van der Waals surface area contributed by atoms with Crippen LogP contribution >= 0.6 is 0 Å². The van der Waals surface area contributed by atoms with Crippen LogP contribution in [0.2, 0.25) is 0 Å². The zero-order chi connectivity index (χ0) is 30.2. The van der Waals surface area contributed by atoms with E-state index >= 15 is 0 Å². The summed E-state index contributed by atoms with van der Waals surface area (Å²) in [5.41, 5.74) is -0.551. The van der Waals surface area contributed by atoms with E-state index in [1.54, 1.807) is 20.8 Å². The van der Waals surface area contributed by atoms with E-state index in [4.69, 9.17) is 13.7 Å². The molecule has 0 radical (unpaired) electrons. The molecule has 1 amide bonds. The maximum absolute atomic E-state index is 13.8. The minimum absolute atomic E-state index is 0.0352. The van der Waals surface area contributed by atoms with Gasteiger partial charge in [0.25, 0.3) is 20.1 Å². The molecule has 220 valence electrons. The first-order valence-corrected chi connectivity index (χ1v) is 15.2. The van der Waals surface area contributed by atoms with Crippen molar-refractivity contribution in [3.05, 3.63) is 78.4 Å². The second-order valence-electron chi connectivity index (χ2n) is 10.2. The van der Waals surface area contributed by atoms with Crippen LogP contribution in [0.4, 0.5) is 25.0 Å². The maximum atomic E-state index is 13.8. The number of anilines is 2. The third-order valence-electron chi connectivity index (χ3n) is 5.89. The van der Waals surface area contributed by atoms with Crippen LogP contribution in [0, 0.1) is 11.6 Å². The van der Waals surface area contributed by atoms with Crippen LogP contribution in [0.15, 0.2) is 76.5 Å². The minimum Gasteiger partial charge on any atom is -0.484 e. The van der Waals surface area contributed by atoms with Crippen molar-refractivity contribution in [3.8, 4) is 5.75 Å². The quantitative estimate of drug-likeness (QED) is 0.368. The predicted octanol–water partition coefficient (Wildman–Crippen LogP) is 5.06. The van der Waals surface area contributed by atoms with Gasteiger partial charge in [0.05, 0.1) is 21.5 Å². The lowest BCUT2D eigenvalue weighted by Gasteiger charge is -2.40. The zero-order valence-corrected chi connectivity index (χ0v) is 24.1. The number of benzene rings is 3. The van der Waals surface area contributed by atoms with Gasteiger partial charge in [-0.1, -0.05) is 0 Å². The van der Waals surface area contributed by atoms with Gasteiger partial charge in [0.15, 0.2) is 0 Å². The molecule has 0 fully saturated rings. The molecule has 1 N–H and O–H groups in total. The molecule has 3 aromatic carbocycles. The fourth-order valence-electron chi connectivity index (χ4n) is 3.99. The van der Waals surface area contributed by atoms with Crippen LogP contribution in [0.1, 0.15) is 27.7 Å². The number of nitrogens with one attached hydrogen (secondary N) is 1. The first kappa shape index (κ1) is 30.2. The van der Waals surface area contributed by atoms with E-state index in [0.29, 0.717) is 0 Å². The molecular weight excluding hydrogens is 582 g/mol. The lowest BCUT2D eigenvalue weighted by Crippen LogP contribution is -2.52. The fourth-order valence-corrected chi connectivity index (χ4v) is 6.59. The van der Waals surface area contributed by atoms with Crippen molar-refractivity contribution in [3.63, 3.8) is 0 Å². The van der Waals surface area contributed by atoms with E-state index < -0.39 is 62.2 Å². The summed E-state index contributed by atoms with van der Waals surface area (Å²) in [7, 11) is -8.70. The van der Waals surface area contributed by atoms with Gasteiger partial charge in [-0.05, 0) is 94.4 Å². The zero-order valence-electron chi connectivity index (χ0n) is 22.5. The normalized spacial score (nSPS) is 17.4. The average Bonchev–Trinajstić information content (AvgIpc) is 2.87. The van der Waals surface area contributed by atoms with Crippen LogP contribution in [0.3, 0.4) is 0 Å². The number of halogens is 2. The van der Waals surface area contributed by atoms with Crippen molar-refractivity contribution in [2.75, 3.05) is 16.2 Å². The molecule has 0 aliphatic carbocycles. The van der Waals surface area contributed by atoms with Gasteiger partial charge in [-0.3, -0.25) is 13.8 Å². The average molecular weight is 611 g/mol. The molecule has 0 bridgehead atoms. The molecule has 14 heteroatoms. The molecule has 0 unspecified atom stereocenters. The third-order valence-corrected chi connectivity index (χ3v) is 9.10. The molecule has 41 heavy (non-hydrogen) atoms. The summed E-state index contributed by atoms with van der Waals surface area (Å²) in [6.07, 6.45) is -1.90. The number of carbonyl (C=O) groups is 1. The van der Waals surface area contributed by atoms with Gasteiger partial charge in [0.2, 0.25) is 0 Å². The van der Waals surface area contributed by atoms with E-state index in [9.17, 15) is 30.4 Å². The Bertz CT molecular complexity index is 1640. The second kappa shape index (κ2) is 11.3. The van der Waals surface area contributed by atoms with Crippen molar-refractivity contribution in [2.24, 2.45) is 0 Å². The van der Waals surface area contributed by atoms with E-state index in [1.807, 2.05) is 0 Å². The molecule has 0 saturated heterocycles. The topological polar surface area (TPSA) is 128 Å². The highest BCUT2D eigenvalue weighted by atomic mass is 32.2. The summed E-state index contributed by atoms with van der Waals surface area (Å²) in [4.78, 5) is 11.8. The van der Waals surface area contributed by atoms with Crippen LogP contribution in [-0.2, 0) is 29.1 Å². The summed E-state index contributed by atoms with van der Waals surface area (Å²) in [5, 5.41) is 2.54. The second-order valence-corrected chi connectivity index (χ2v) is 13.6. The SMILES string of the molecule is C[C@@H]1[C@H](COS(=O)(=O)c2ccc(F)cc2)Oc2ccc(NC(=O)OC(C)(C)C)cc2N1S(=O)(=O)c1ccc(F)cc1. The molecule has 3 aromatic rings. The molecule has 0 saturated carbocycles. The van der Waals surface area contributed by atoms with Crippen LogP contribution in [0.5, 0.6) is 5.75 Å². The molecule has 0 spiro atoms. The van der Waals surface area contributed by atoms with Gasteiger partial charge >= 0.3 is 6.09 Å². The highest BCUT2D eigenvalue weighted by Crippen LogP contribution is 2.42. The van der Waals surface area contributed by atoms with E-state index in [1.165, 1.54) is 25.1 Å². The summed E-state index contributed by atoms with van der Waals surface area (Å²) < 4.78 is 97.3. The molecular formula is C27H28F2N2O8S2. The molecule has 10 nitrogen and oxygen atoms in total. The first-order chi connectivity index (χ1) is 19.1. The molecule has 0 aromatic heterocycles. The number of nitrogens with zero attached hydrogens (tertiary/aromatic N) is 1. The van der Waals surface area contributed by atoms with Gasteiger partial charge in [-0.25, -0.2) is 22.0 Å². The van der Waals surface area contributed by atoms with Crippen molar-refractivity contribution >= 4 is 37.6 Å². The fraction of sp³-hybridized carbons (Fsp3) is 0.296.